The first-order valence-corrected chi connectivity index (χ1v) is 8.36. The van der Waals surface area contributed by atoms with Crippen molar-refractivity contribution >= 4 is 0 Å². The lowest BCUT2D eigenvalue weighted by Gasteiger charge is -2.19. The lowest BCUT2D eigenvalue weighted by molar-refractivity contribution is 0.272. The molecule has 0 aliphatic carbocycles. The summed E-state index contributed by atoms with van der Waals surface area (Å²) in [6, 6.07) is 6.56. The zero-order valence-corrected chi connectivity index (χ0v) is 14.9. The lowest BCUT2D eigenvalue weighted by Crippen LogP contribution is -2.22. The first kappa shape index (κ1) is 16.5. The Kier molecular flexibility index (Phi) is 4.81. The van der Waals surface area contributed by atoms with Crippen molar-refractivity contribution < 1.29 is 0 Å². The minimum Gasteiger partial charge on any atom is -0.295 e. The fourth-order valence-electron chi connectivity index (χ4n) is 2.91. The molecule has 0 saturated heterocycles. The molecule has 2 heterocycles. The minimum atomic E-state index is 0.865. The van der Waals surface area contributed by atoms with E-state index in [-0.39, 0.29) is 0 Å². The Balaban J connectivity index is 1.79. The van der Waals surface area contributed by atoms with Crippen LogP contribution in [0.25, 0.3) is 11.3 Å². The second kappa shape index (κ2) is 7.01. The Morgan fingerprint density at radius 3 is 2.62 bits per heavy atom. The number of aromatic amines is 1. The standard InChI is InChI=1S/C19H25N5/c1-5-24(12-16-9-21-23(4)11-16)13-18-10-20-22-19(18)17-7-6-14(2)15(3)8-17/h6-11H,5,12-13H2,1-4H3,(H,20,22). The zero-order chi connectivity index (χ0) is 17.1. The van der Waals surface area contributed by atoms with Gasteiger partial charge in [0.25, 0.3) is 0 Å². The van der Waals surface area contributed by atoms with Crippen LogP contribution < -0.4 is 0 Å². The van der Waals surface area contributed by atoms with Gasteiger partial charge in [0.2, 0.25) is 0 Å². The van der Waals surface area contributed by atoms with Gasteiger partial charge in [-0.3, -0.25) is 14.7 Å². The van der Waals surface area contributed by atoms with Crippen LogP contribution in [0.3, 0.4) is 0 Å². The van der Waals surface area contributed by atoms with E-state index in [1.54, 1.807) is 0 Å². The number of aromatic nitrogens is 4. The maximum Gasteiger partial charge on any atom is 0.0695 e. The topological polar surface area (TPSA) is 49.7 Å². The molecule has 2 aromatic heterocycles. The Bertz CT molecular complexity index is 815. The highest BCUT2D eigenvalue weighted by Crippen LogP contribution is 2.25. The Morgan fingerprint density at radius 2 is 1.96 bits per heavy atom. The predicted octanol–water partition coefficient (Wildman–Crippen LogP) is 3.45. The summed E-state index contributed by atoms with van der Waals surface area (Å²) < 4.78 is 1.85. The number of H-pyrrole nitrogens is 1. The van der Waals surface area contributed by atoms with Crippen LogP contribution >= 0.6 is 0 Å². The highest BCUT2D eigenvalue weighted by Gasteiger charge is 2.13. The summed E-state index contributed by atoms with van der Waals surface area (Å²) in [7, 11) is 1.95. The largest absolute Gasteiger partial charge is 0.295 e. The van der Waals surface area contributed by atoms with Crippen LogP contribution in [0.5, 0.6) is 0 Å². The van der Waals surface area contributed by atoms with Crippen LogP contribution in [0, 0.1) is 13.8 Å². The average molecular weight is 323 g/mol. The van der Waals surface area contributed by atoms with Gasteiger partial charge < -0.3 is 0 Å². The molecule has 0 amide bonds. The van der Waals surface area contributed by atoms with E-state index in [0.717, 1.165) is 25.3 Å². The van der Waals surface area contributed by atoms with Crippen molar-refractivity contribution in [3.8, 4) is 11.3 Å². The normalized spacial score (nSPS) is 11.4. The van der Waals surface area contributed by atoms with Crippen molar-refractivity contribution in [1.82, 2.24) is 24.9 Å². The molecular weight excluding hydrogens is 298 g/mol. The van der Waals surface area contributed by atoms with E-state index in [2.05, 4.69) is 65.4 Å². The molecule has 0 spiro atoms. The SMILES string of the molecule is CCN(Cc1cnn(C)c1)Cc1cn[nH]c1-c1ccc(C)c(C)c1. The molecule has 1 N–H and O–H groups in total. The third-order valence-corrected chi connectivity index (χ3v) is 4.52. The minimum absolute atomic E-state index is 0.865. The fraction of sp³-hybridized carbons (Fsp3) is 0.368. The number of hydrogen-bond donors (Lipinski definition) is 1. The molecule has 0 aliphatic heterocycles. The first-order chi connectivity index (χ1) is 11.6. The molecule has 0 bridgehead atoms. The van der Waals surface area contributed by atoms with Crippen molar-refractivity contribution in [1.29, 1.82) is 0 Å². The molecule has 24 heavy (non-hydrogen) atoms. The molecule has 0 fully saturated rings. The van der Waals surface area contributed by atoms with Gasteiger partial charge >= 0.3 is 0 Å². The molecule has 0 radical (unpaired) electrons. The summed E-state index contributed by atoms with van der Waals surface area (Å²) in [5.41, 5.74) is 7.38. The van der Waals surface area contributed by atoms with Gasteiger partial charge in [-0.2, -0.15) is 10.2 Å². The van der Waals surface area contributed by atoms with Gasteiger partial charge in [-0.05, 0) is 37.6 Å². The third kappa shape index (κ3) is 3.57. The smallest absolute Gasteiger partial charge is 0.0695 e. The molecule has 0 atom stereocenters. The fourth-order valence-corrected chi connectivity index (χ4v) is 2.91. The van der Waals surface area contributed by atoms with E-state index >= 15 is 0 Å². The Labute approximate surface area is 143 Å². The number of nitrogens with one attached hydrogen (secondary N) is 1. The van der Waals surface area contributed by atoms with E-state index in [1.807, 2.05) is 24.1 Å². The van der Waals surface area contributed by atoms with E-state index in [4.69, 9.17) is 0 Å². The van der Waals surface area contributed by atoms with Crippen LogP contribution in [-0.4, -0.2) is 31.4 Å². The van der Waals surface area contributed by atoms with Crippen LogP contribution in [0.15, 0.2) is 36.8 Å². The molecule has 126 valence electrons. The van der Waals surface area contributed by atoms with Crippen molar-refractivity contribution in [2.45, 2.75) is 33.9 Å². The summed E-state index contributed by atoms with van der Waals surface area (Å²) in [5, 5.41) is 11.7. The van der Waals surface area contributed by atoms with Crippen molar-refractivity contribution in [3.05, 3.63) is 59.0 Å². The highest BCUT2D eigenvalue weighted by atomic mass is 15.2. The van der Waals surface area contributed by atoms with Gasteiger partial charge in [0.1, 0.15) is 0 Å². The number of hydrogen-bond acceptors (Lipinski definition) is 3. The van der Waals surface area contributed by atoms with Crippen LogP contribution in [0.1, 0.15) is 29.2 Å². The zero-order valence-electron chi connectivity index (χ0n) is 14.9. The summed E-state index contributed by atoms with van der Waals surface area (Å²) in [6.07, 6.45) is 5.95. The Morgan fingerprint density at radius 1 is 1.12 bits per heavy atom. The van der Waals surface area contributed by atoms with E-state index < -0.39 is 0 Å². The van der Waals surface area contributed by atoms with E-state index in [0.29, 0.717) is 0 Å². The monoisotopic (exact) mass is 323 g/mol. The van der Waals surface area contributed by atoms with Crippen LogP contribution in [0.4, 0.5) is 0 Å². The number of rotatable bonds is 6. The highest BCUT2D eigenvalue weighted by molar-refractivity contribution is 5.64. The molecule has 3 rings (SSSR count). The van der Waals surface area contributed by atoms with Gasteiger partial charge in [-0.1, -0.05) is 19.1 Å². The maximum absolute atomic E-state index is 4.28. The number of nitrogens with zero attached hydrogens (tertiary/aromatic N) is 4. The summed E-state index contributed by atoms with van der Waals surface area (Å²) in [5.74, 6) is 0. The molecule has 5 heteroatoms. The summed E-state index contributed by atoms with van der Waals surface area (Å²) in [4.78, 5) is 2.40. The van der Waals surface area contributed by atoms with Gasteiger partial charge in [0.05, 0.1) is 18.1 Å². The third-order valence-electron chi connectivity index (χ3n) is 4.52. The van der Waals surface area contributed by atoms with Crippen molar-refractivity contribution in [2.24, 2.45) is 7.05 Å². The molecule has 5 nitrogen and oxygen atoms in total. The molecule has 0 aliphatic rings. The summed E-state index contributed by atoms with van der Waals surface area (Å²) in [6.45, 7) is 9.21. The quantitative estimate of drug-likeness (QED) is 0.756. The molecule has 0 saturated carbocycles. The average Bonchev–Trinajstić information content (AvgIpc) is 3.18. The number of benzene rings is 1. The van der Waals surface area contributed by atoms with E-state index in [9.17, 15) is 0 Å². The van der Waals surface area contributed by atoms with Crippen molar-refractivity contribution in [3.63, 3.8) is 0 Å². The predicted molar refractivity (Wildman–Crippen MR) is 96.5 cm³/mol. The second-order valence-corrected chi connectivity index (χ2v) is 6.39. The molecule has 3 aromatic rings. The summed E-state index contributed by atoms with van der Waals surface area (Å²) >= 11 is 0. The van der Waals surface area contributed by atoms with Gasteiger partial charge in [0.15, 0.2) is 0 Å². The first-order valence-electron chi connectivity index (χ1n) is 8.36. The van der Waals surface area contributed by atoms with Crippen LogP contribution in [0.2, 0.25) is 0 Å². The van der Waals surface area contributed by atoms with Gasteiger partial charge in [0, 0.05) is 43.0 Å². The Hall–Kier alpha value is -2.40. The van der Waals surface area contributed by atoms with Crippen molar-refractivity contribution in [2.75, 3.05) is 6.54 Å². The van der Waals surface area contributed by atoms with Crippen LogP contribution in [-0.2, 0) is 20.1 Å². The van der Waals surface area contributed by atoms with Gasteiger partial charge in [-0.25, -0.2) is 0 Å². The van der Waals surface area contributed by atoms with E-state index in [1.165, 1.54) is 27.8 Å². The second-order valence-electron chi connectivity index (χ2n) is 6.39. The van der Waals surface area contributed by atoms with Gasteiger partial charge in [-0.15, -0.1) is 0 Å². The lowest BCUT2D eigenvalue weighted by atomic mass is 10.0. The maximum atomic E-state index is 4.28. The number of aryl methyl sites for hydroxylation is 3. The molecule has 0 unspecified atom stereocenters. The molecule has 1 aromatic carbocycles. The molecular formula is C19H25N5.